The standard InChI is InChI=1S/C12H26N2O/c1-4-15-10-6-9-13-11-12(14(2)3)7-5-8-12/h13H,4-11H2,1-3H3. The van der Waals surface area contributed by atoms with Crippen molar-refractivity contribution in [1.82, 2.24) is 10.2 Å². The molecule has 0 atom stereocenters. The monoisotopic (exact) mass is 214 g/mol. The quantitative estimate of drug-likeness (QED) is 0.620. The minimum absolute atomic E-state index is 0.450. The minimum atomic E-state index is 0.450. The van der Waals surface area contributed by atoms with Gasteiger partial charge in [0.25, 0.3) is 0 Å². The molecule has 0 spiro atoms. The molecule has 1 aliphatic carbocycles. The number of nitrogens with zero attached hydrogens (tertiary/aromatic N) is 1. The number of rotatable bonds is 8. The van der Waals surface area contributed by atoms with Crippen LogP contribution < -0.4 is 5.32 Å². The van der Waals surface area contributed by atoms with Gasteiger partial charge in [-0.2, -0.15) is 0 Å². The molecule has 1 rings (SSSR count). The summed E-state index contributed by atoms with van der Waals surface area (Å²) in [6.07, 6.45) is 5.20. The van der Waals surface area contributed by atoms with Crippen molar-refractivity contribution in [2.24, 2.45) is 0 Å². The smallest absolute Gasteiger partial charge is 0.0477 e. The van der Waals surface area contributed by atoms with Crippen LogP contribution in [0.1, 0.15) is 32.6 Å². The van der Waals surface area contributed by atoms with Crippen LogP contribution in [0.2, 0.25) is 0 Å². The molecule has 1 fully saturated rings. The van der Waals surface area contributed by atoms with Gasteiger partial charge in [0.15, 0.2) is 0 Å². The molecular formula is C12H26N2O. The Morgan fingerprint density at radius 3 is 2.53 bits per heavy atom. The van der Waals surface area contributed by atoms with Gasteiger partial charge in [0, 0.05) is 25.3 Å². The molecule has 0 aromatic rings. The first kappa shape index (κ1) is 12.9. The van der Waals surface area contributed by atoms with E-state index in [-0.39, 0.29) is 0 Å². The van der Waals surface area contributed by atoms with E-state index >= 15 is 0 Å². The minimum Gasteiger partial charge on any atom is -0.382 e. The molecule has 1 saturated carbocycles. The summed E-state index contributed by atoms with van der Waals surface area (Å²) in [5.41, 5.74) is 0.450. The second-order valence-electron chi connectivity index (χ2n) is 4.70. The summed E-state index contributed by atoms with van der Waals surface area (Å²) < 4.78 is 5.30. The molecule has 3 nitrogen and oxygen atoms in total. The maximum Gasteiger partial charge on any atom is 0.0477 e. The van der Waals surface area contributed by atoms with Crippen LogP contribution in [-0.2, 0) is 4.74 Å². The average Bonchev–Trinajstić information content (AvgIpc) is 2.13. The van der Waals surface area contributed by atoms with E-state index in [0.717, 1.165) is 32.7 Å². The molecular weight excluding hydrogens is 188 g/mol. The van der Waals surface area contributed by atoms with E-state index < -0.39 is 0 Å². The normalized spacial score (nSPS) is 19.2. The Balaban J connectivity index is 2.03. The zero-order chi connectivity index (χ0) is 11.1. The first-order valence-corrected chi connectivity index (χ1v) is 6.17. The zero-order valence-electron chi connectivity index (χ0n) is 10.5. The Kier molecular flexibility index (Phi) is 5.58. The highest BCUT2D eigenvalue weighted by Gasteiger charge is 2.38. The average molecular weight is 214 g/mol. The highest BCUT2D eigenvalue weighted by Crippen LogP contribution is 2.35. The van der Waals surface area contributed by atoms with Gasteiger partial charge in [0.1, 0.15) is 0 Å². The summed E-state index contributed by atoms with van der Waals surface area (Å²) >= 11 is 0. The van der Waals surface area contributed by atoms with E-state index in [4.69, 9.17) is 4.74 Å². The Labute approximate surface area is 94.2 Å². The van der Waals surface area contributed by atoms with Crippen molar-refractivity contribution in [2.75, 3.05) is 40.4 Å². The van der Waals surface area contributed by atoms with Gasteiger partial charge in [-0.15, -0.1) is 0 Å². The summed E-state index contributed by atoms with van der Waals surface area (Å²) in [5.74, 6) is 0. The van der Waals surface area contributed by atoms with Gasteiger partial charge in [-0.05, 0) is 53.2 Å². The van der Waals surface area contributed by atoms with Gasteiger partial charge < -0.3 is 15.0 Å². The van der Waals surface area contributed by atoms with E-state index in [0.29, 0.717) is 5.54 Å². The molecule has 0 saturated heterocycles. The highest BCUT2D eigenvalue weighted by atomic mass is 16.5. The highest BCUT2D eigenvalue weighted by molar-refractivity contribution is 4.97. The second kappa shape index (κ2) is 6.46. The largest absolute Gasteiger partial charge is 0.382 e. The predicted molar refractivity (Wildman–Crippen MR) is 64.2 cm³/mol. The second-order valence-corrected chi connectivity index (χ2v) is 4.70. The summed E-state index contributed by atoms with van der Waals surface area (Å²) in [6, 6.07) is 0. The third-order valence-corrected chi connectivity index (χ3v) is 3.53. The summed E-state index contributed by atoms with van der Waals surface area (Å²) in [4.78, 5) is 2.38. The lowest BCUT2D eigenvalue weighted by Gasteiger charge is -2.47. The Morgan fingerprint density at radius 1 is 1.33 bits per heavy atom. The molecule has 15 heavy (non-hydrogen) atoms. The molecule has 0 heterocycles. The Morgan fingerprint density at radius 2 is 2.07 bits per heavy atom. The number of nitrogens with one attached hydrogen (secondary N) is 1. The number of ether oxygens (including phenoxy) is 1. The molecule has 0 aliphatic heterocycles. The van der Waals surface area contributed by atoms with Crippen molar-refractivity contribution < 1.29 is 4.74 Å². The van der Waals surface area contributed by atoms with Crippen LogP contribution in [0.4, 0.5) is 0 Å². The van der Waals surface area contributed by atoms with Crippen LogP contribution in [0.3, 0.4) is 0 Å². The zero-order valence-corrected chi connectivity index (χ0v) is 10.5. The van der Waals surface area contributed by atoms with Crippen molar-refractivity contribution in [1.29, 1.82) is 0 Å². The van der Waals surface area contributed by atoms with E-state index in [2.05, 4.69) is 24.3 Å². The third kappa shape index (κ3) is 3.74. The maximum absolute atomic E-state index is 5.30. The van der Waals surface area contributed by atoms with E-state index in [1.165, 1.54) is 19.3 Å². The van der Waals surface area contributed by atoms with Gasteiger partial charge in [0.05, 0.1) is 0 Å². The molecule has 1 aliphatic rings. The van der Waals surface area contributed by atoms with Crippen LogP contribution in [-0.4, -0.2) is 50.8 Å². The topological polar surface area (TPSA) is 24.5 Å². The SMILES string of the molecule is CCOCCCNCC1(N(C)C)CCC1. The predicted octanol–water partition coefficient (Wildman–Crippen LogP) is 1.49. The lowest BCUT2D eigenvalue weighted by molar-refractivity contribution is 0.0592. The van der Waals surface area contributed by atoms with Gasteiger partial charge in [-0.1, -0.05) is 0 Å². The summed E-state index contributed by atoms with van der Waals surface area (Å²) in [5, 5.41) is 3.55. The molecule has 0 unspecified atom stereocenters. The van der Waals surface area contributed by atoms with Crippen LogP contribution in [0.25, 0.3) is 0 Å². The van der Waals surface area contributed by atoms with Crippen molar-refractivity contribution in [3.05, 3.63) is 0 Å². The number of likely N-dealkylation sites (N-methyl/N-ethyl adjacent to an activating group) is 1. The van der Waals surface area contributed by atoms with Gasteiger partial charge >= 0.3 is 0 Å². The molecule has 0 aromatic carbocycles. The van der Waals surface area contributed by atoms with Crippen LogP contribution in [0.15, 0.2) is 0 Å². The van der Waals surface area contributed by atoms with Crippen LogP contribution in [0.5, 0.6) is 0 Å². The van der Waals surface area contributed by atoms with E-state index in [1.54, 1.807) is 0 Å². The lowest BCUT2D eigenvalue weighted by atomic mass is 9.75. The molecule has 1 N–H and O–H groups in total. The molecule has 0 aromatic heterocycles. The third-order valence-electron chi connectivity index (χ3n) is 3.53. The molecule has 0 amide bonds. The van der Waals surface area contributed by atoms with Crippen molar-refractivity contribution in [3.63, 3.8) is 0 Å². The maximum atomic E-state index is 5.30. The van der Waals surface area contributed by atoms with Gasteiger partial charge in [-0.3, -0.25) is 0 Å². The summed E-state index contributed by atoms with van der Waals surface area (Å²) in [6.45, 7) is 5.98. The molecule has 90 valence electrons. The number of hydrogen-bond acceptors (Lipinski definition) is 3. The van der Waals surface area contributed by atoms with E-state index in [9.17, 15) is 0 Å². The first-order chi connectivity index (χ1) is 7.21. The first-order valence-electron chi connectivity index (χ1n) is 6.17. The van der Waals surface area contributed by atoms with Gasteiger partial charge in [0.2, 0.25) is 0 Å². The van der Waals surface area contributed by atoms with Crippen molar-refractivity contribution >= 4 is 0 Å². The Hall–Kier alpha value is -0.120. The fourth-order valence-corrected chi connectivity index (χ4v) is 2.13. The Bertz CT molecular complexity index is 167. The van der Waals surface area contributed by atoms with Crippen molar-refractivity contribution in [3.8, 4) is 0 Å². The fraction of sp³-hybridized carbons (Fsp3) is 1.00. The van der Waals surface area contributed by atoms with Crippen LogP contribution >= 0.6 is 0 Å². The lowest BCUT2D eigenvalue weighted by Crippen LogP contribution is -2.56. The fourth-order valence-electron chi connectivity index (χ4n) is 2.13. The number of hydrogen-bond donors (Lipinski definition) is 1. The van der Waals surface area contributed by atoms with Crippen molar-refractivity contribution in [2.45, 2.75) is 38.1 Å². The van der Waals surface area contributed by atoms with Crippen LogP contribution in [0, 0.1) is 0 Å². The summed E-state index contributed by atoms with van der Waals surface area (Å²) in [7, 11) is 4.39. The molecule has 0 radical (unpaired) electrons. The van der Waals surface area contributed by atoms with E-state index in [1.807, 2.05) is 6.92 Å². The van der Waals surface area contributed by atoms with Gasteiger partial charge in [-0.25, -0.2) is 0 Å². The molecule has 3 heteroatoms. The molecule has 0 bridgehead atoms.